The number of H-pyrrole nitrogens is 1. The van der Waals surface area contributed by atoms with Crippen molar-refractivity contribution in [3.63, 3.8) is 0 Å². The molecule has 34 heavy (non-hydrogen) atoms. The van der Waals surface area contributed by atoms with Crippen molar-refractivity contribution in [2.24, 2.45) is 0 Å². The number of imidazole rings is 1. The first-order chi connectivity index (χ1) is 16.3. The van der Waals surface area contributed by atoms with Crippen molar-refractivity contribution in [1.82, 2.24) is 24.2 Å². The summed E-state index contributed by atoms with van der Waals surface area (Å²) in [6.45, 7) is 8.85. The maximum absolute atomic E-state index is 12.4. The zero-order valence-corrected chi connectivity index (χ0v) is 20.9. The third-order valence-electron chi connectivity index (χ3n) is 7.17. The number of carbonyl (C=O) groups is 1. The van der Waals surface area contributed by atoms with E-state index in [-0.39, 0.29) is 5.91 Å². The topological polar surface area (TPSA) is 56.6 Å². The van der Waals surface area contributed by atoms with Crippen LogP contribution in [0.3, 0.4) is 0 Å². The number of hydrogen-bond donors (Lipinski definition) is 1. The lowest BCUT2D eigenvalue weighted by Gasteiger charge is -2.33. The van der Waals surface area contributed by atoms with E-state index >= 15 is 0 Å². The summed E-state index contributed by atoms with van der Waals surface area (Å²) in [5.74, 6) is 1.13. The first-order valence-corrected chi connectivity index (χ1v) is 12.3. The van der Waals surface area contributed by atoms with Crippen LogP contribution in [0.4, 0.5) is 0 Å². The molecule has 6 heteroatoms. The maximum Gasteiger partial charge on any atom is 0.236 e. The molecule has 3 aromatic heterocycles. The number of fused-ring (bicyclic) bond motifs is 2. The molecule has 1 aliphatic heterocycles. The summed E-state index contributed by atoms with van der Waals surface area (Å²) in [7, 11) is 3.90. The normalized spacial score (nSPS) is 15.3. The van der Waals surface area contributed by atoms with Gasteiger partial charge in [-0.3, -0.25) is 4.79 Å². The monoisotopic (exact) mass is 457 g/mol. The lowest BCUT2D eigenvalue weighted by Crippen LogP contribution is -2.42. The number of aromatic amines is 1. The summed E-state index contributed by atoms with van der Waals surface area (Å²) in [5.41, 5.74) is 8.51. The molecule has 1 saturated heterocycles. The number of aromatic nitrogens is 3. The third-order valence-corrected chi connectivity index (χ3v) is 7.17. The van der Waals surface area contributed by atoms with Gasteiger partial charge < -0.3 is 19.2 Å². The molecule has 0 bridgehead atoms. The van der Waals surface area contributed by atoms with Gasteiger partial charge in [-0.25, -0.2) is 4.98 Å². The molecule has 0 aliphatic carbocycles. The molecular formula is C28H35N5O. The number of rotatable bonds is 5. The van der Waals surface area contributed by atoms with Crippen molar-refractivity contribution in [1.29, 1.82) is 0 Å². The van der Waals surface area contributed by atoms with E-state index in [0.717, 1.165) is 31.6 Å². The van der Waals surface area contributed by atoms with E-state index in [4.69, 9.17) is 0 Å². The summed E-state index contributed by atoms with van der Waals surface area (Å²) in [5, 5.41) is 1.32. The Balaban J connectivity index is 1.47. The Bertz CT molecular complexity index is 1340. The minimum atomic E-state index is 0.237. The van der Waals surface area contributed by atoms with Crippen molar-refractivity contribution >= 4 is 22.5 Å². The molecule has 1 aromatic carbocycles. The summed E-state index contributed by atoms with van der Waals surface area (Å²) < 4.78 is 2.11. The van der Waals surface area contributed by atoms with Gasteiger partial charge in [0.1, 0.15) is 5.65 Å². The van der Waals surface area contributed by atoms with Crippen LogP contribution in [0.1, 0.15) is 55.2 Å². The van der Waals surface area contributed by atoms with E-state index in [2.05, 4.69) is 65.6 Å². The smallest absolute Gasteiger partial charge is 0.236 e. The molecule has 5 rings (SSSR count). The van der Waals surface area contributed by atoms with E-state index in [1.807, 2.05) is 36.3 Å². The standard InChI is InChI=1S/C28H35N5O/c1-18(2)26-23-15-21(20-8-11-32(12-9-20)25(34)17-31(4)5)6-7-24(23)30-27(26)22-14-19(3)28-29-10-13-33(28)16-22/h6-7,10,13-16,18,20,30H,8-9,11-12,17H2,1-5H3. The highest BCUT2D eigenvalue weighted by atomic mass is 16.2. The lowest BCUT2D eigenvalue weighted by atomic mass is 9.87. The summed E-state index contributed by atoms with van der Waals surface area (Å²) in [6, 6.07) is 9.15. The number of pyridine rings is 1. The third kappa shape index (κ3) is 4.11. The second kappa shape index (κ2) is 8.91. The van der Waals surface area contributed by atoms with Gasteiger partial charge in [-0.05, 0) is 80.6 Å². The number of hydrogen-bond acceptors (Lipinski definition) is 3. The van der Waals surface area contributed by atoms with Crippen LogP contribution >= 0.6 is 0 Å². The van der Waals surface area contributed by atoms with Crippen LogP contribution in [0, 0.1) is 6.92 Å². The molecule has 4 aromatic rings. The van der Waals surface area contributed by atoms with Crippen molar-refractivity contribution < 1.29 is 4.79 Å². The molecule has 0 spiro atoms. The fourth-order valence-electron chi connectivity index (χ4n) is 5.49. The molecule has 0 atom stereocenters. The van der Waals surface area contributed by atoms with Crippen LogP contribution in [0.5, 0.6) is 0 Å². The van der Waals surface area contributed by atoms with E-state index < -0.39 is 0 Å². The van der Waals surface area contributed by atoms with Gasteiger partial charge in [0.15, 0.2) is 0 Å². The number of likely N-dealkylation sites (N-methyl/N-ethyl adjacent to an activating group) is 1. The maximum atomic E-state index is 12.4. The van der Waals surface area contributed by atoms with Gasteiger partial charge in [-0.2, -0.15) is 0 Å². The van der Waals surface area contributed by atoms with E-state index in [1.54, 1.807) is 0 Å². The van der Waals surface area contributed by atoms with Gasteiger partial charge in [0, 0.05) is 48.1 Å². The van der Waals surface area contributed by atoms with Crippen LogP contribution in [0.25, 0.3) is 27.8 Å². The number of carbonyl (C=O) groups excluding carboxylic acids is 1. The van der Waals surface area contributed by atoms with Crippen LogP contribution in [0.2, 0.25) is 0 Å². The van der Waals surface area contributed by atoms with Crippen LogP contribution in [-0.4, -0.2) is 63.8 Å². The highest BCUT2D eigenvalue weighted by Crippen LogP contribution is 2.38. The van der Waals surface area contributed by atoms with Gasteiger partial charge in [0.25, 0.3) is 0 Å². The van der Waals surface area contributed by atoms with Gasteiger partial charge in [-0.15, -0.1) is 0 Å². The second-order valence-electron chi connectivity index (χ2n) is 10.3. The van der Waals surface area contributed by atoms with Crippen molar-refractivity contribution in [3.8, 4) is 11.3 Å². The highest BCUT2D eigenvalue weighted by molar-refractivity contribution is 5.92. The summed E-state index contributed by atoms with van der Waals surface area (Å²) in [4.78, 5) is 24.6. The molecule has 6 nitrogen and oxygen atoms in total. The molecular weight excluding hydrogens is 422 g/mol. The molecule has 1 aliphatic rings. The predicted molar refractivity (Wildman–Crippen MR) is 138 cm³/mol. The van der Waals surface area contributed by atoms with E-state index in [9.17, 15) is 4.79 Å². The first kappa shape index (κ1) is 22.7. The fourth-order valence-corrected chi connectivity index (χ4v) is 5.49. The average molecular weight is 458 g/mol. The quantitative estimate of drug-likeness (QED) is 0.449. The van der Waals surface area contributed by atoms with Gasteiger partial charge in [0.2, 0.25) is 5.91 Å². The lowest BCUT2D eigenvalue weighted by molar-refractivity contribution is -0.132. The van der Waals surface area contributed by atoms with Crippen molar-refractivity contribution in [2.45, 2.75) is 45.4 Å². The molecule has 1 fully saturated rings. The van der Waals surface area contributed by atoms with E-state index in [0.29, 0.717) is 18.4 Å². The van der Waals surface area contributed by atoms with Gasteiger partial charge >= 0.3 is 0 Å². The number of likely N-dealkylation sites (tertiary alicyclic amines) is 1. The predicted octanol–water partition coefficient (Wildman–Crippen LogP) is 5.18. The molecule has 0 radical (unpaired) electrons. The van der Waals surface area contributed by atoms with Crippen LogP contribution in [0.15, 0.2) is 42.9 Å². The average Bonchev–Trinajstić information content (AvgIpc) is 3.43. The van der Waals surface area contributed by atoms with E-state index in [1.165, 1.54) is 38.9 Å². The largest absolute Gasteiger partial charge is 0.354 e. The first-order valence-electron chi connectivity index (χ1n) is 12.3. The van der Waals surface area contributed by atoms with Crippen LogP contribution < -0.4 is 0 Å². The molecule has 1 amide bonds. The number of nitrogens with zero attached hydrogens (tertiary/aromatic N) is 4. The molecule has 1 N–H and O–H groups in total. The van der Waals surface area contributed by atoms with Gasteiger partial charge in [-0.1, -0.05) is 19.9 Å². The Morgan fingerprint density at radius 3 is 2.68 bits per heavy atom. The summed E-state index contributed by atoms with van der Waals surface area (Å²) in [6.07, 6.45) is 8.09. The molecule has 0 saturated carbocycles. The van der Waals surface area contributed by atoms with Crippen LogP contribution in [-0.2, 0) is 4.79 Å². The SMILES string of the molecule is Cc1cc(-c2[nH]c3ccc(C4CCN(C(=O)CN(C)C)CC4)cc3c2C(C)C)cn2ccnc12. The Hall–Kier alpha value is -3.12. The molecule has 0 unspecified atom stereocenters. The van der Waals surface area contributed by atoms with Gasteiger partial charge in [0.05, 0.1) is 12.2 Å². The number of amides is 1. The Labute approximate surface area is 201 Å². The number of aryl methyl sites for hydroxylation is 1. The minimum absolute atomic E-state index is 0.237. The second-order valence-corrected chi connectivity index (χ2v) is 10.3. The Morgan fingerprint density at radius 2 is 1.97 bits per heavy atom. The molecule has 4 heterocycles. The zero-order chi connectivity index (χ0) is 24.0. The Kier molecular flexibility index (Phi) is 5.94. The fraction of sp³-hybridized carbons (Fsp3) is 0.429. The number of nitrogens with one attached hydrogen (secondary N) is 1. The summed E-state index contributed by atoms with van der Waals surface area (Å²) >= 11 is 0. The van der Waals surface area contributed by atoms with Crippen molar-refractivity contribution in [3.05, 3.63) is 59.5 Å². The number of piperidine rings is 1. The zero-order valence-electron chi connectivity index (χ0n) is 20.9. The number of benzene rings is 1. The Morgan fingerprint density at radius 1 is 1.21 bits per heavy atom. The minimum Gasteiger partial charge on any atom is -0.354 e. The van der Waals surface area contributed by atoms with Crippen molar-refractivity contribution in [2.75, 3.05) is 33.7 Å². The molecule has 178 valence electrons. The highest BCUT2D eigenvalue weighted by Gasteiger charge is 2.25.